The number of amides is 1. The number of nitrogens with zero attached hydrogens (tertiary/aromatic N) is 2. The zero-order chi connectivity index (χ0) is 16.8. The van der Waals surface area contributed by atoms with E-state index in [9.17, 15) is 14.9 Å². The van der Waals surface area contributed by atoms with Crippen LogP contribution in [0.4, 0.5) is 5.69 Å². The fourth-order valence-electron chi connectivity index (χ4n) is 2.64. The lowest BCUT2D eigenvalue weighted by atomic mass is 10.1. The zero-order valence-corrected chi connectivity index (χ0v) is 14.1. The van der Waals surface area contributed by atoms with Crippen LogP contribution >= 0.6 is 12.4 Å². The van der Waals surface area contributed by atoms with Crippen LogP contribution < -0.4 is 5.73 Å². The smallest absolute Gasteiger partial charge is 0.269 e. The SMILES string of the molecule is C=CCN(Cc1cccc([N+](=O)[O-])c1)C(=O)[C@@H]1CC[C@H](CN)O1.Cl. The van der Waals surface area contributed by atoms with Gasteiger partial charge in [-0.1, -0.05) is 18.2 Å². The number of hydrogen-bond acceptors (Lipinski definition) is 5. The van der Waals surface area contributed by atoms with Crippen LogP contribution in [0.2, 0.25) is 0 Å². The van der Waals surface area contributed by atoms with Crippen molar-refractivity contribution in [3.8, 4) is 0 Å². The molecule has 24 heavy (non-hydrogen) atoms. The molecule has 1 amide bonds. The van der Waals surface area contributed by atoms with E-state index in [-0.39, 0.29) is 36.7 Å². The normalized spacial score (nSPS) is 19.4. The molecular weight excluding hydrogens is 334 g/mol. The Morgan fingerprint density at radius 1 is 1.50 bits per heavy atom. The van der Waals surface area contributed by atoms with Gasteiger partial charge in [-0.05, 0) is 18.4 Å². The van der Waals surface area contributed by atoms with Crippen LogP contribution in [0.1, 0.15) is 18.4 Å². The van der Waals surface area contributed by atoms with Gasteiger partial charge in [-0.3, -0.25) is 14.9 Å². The highest BCUT2D eigenvalue weighted by molar-refractivity contribution is 5.85. The number of ether oxygens (including phenoxy) is 1. The van der Waals surface area contributed by atoms with E-state index in [2.05, 4.69) is 6.58 Å². The van der Waals surface area contributed by atoms with Crippen molar-refractivity contribution >= 4 is 24.0 Å². The Hall–Kier alpha value is -1.96. The molecule has 7 nitrogen and oxygen atoms in total. The largest absolute Gasteiger partial charge is 0.364 e. The number of carbonyl (C=O) groups is 1. The molecule has 1 aromatic carbocycles. The molecule has 1 aliphatic heterocycles. The Labute approximate surface area is 147 Å². The minimum absolute atomic E-state index is 0. The first-order valence-electron chi connectivity index (χ1n) is 7.53. The third kappa shape index (κ3) is 5.02. The second-order valence-electron chi connectivity index (χ2n) is 5.49. The minimum atomic E-state index is -0.498. The molecule has 1 aromatic rings. The summed E-state index contributed by atoms with van der Waals surface area (Å²) in [4.78, 5) is 24.6. The number of nitrogens with two attached hydrogens (primary N) is 1. The molecule has 1 fully saturated rings. The predicted molar refractivity (Wildman–Crippen MR) is 92.9 cm³/mol. The molecule has 132 valence electrons. The lowest BCUT2D eigenvalue weighted by Gasteiger charge is -2.24. The monoisotopic (exact) mass is 355 g/mol. The average Bonchev–Trinajstić information content (AvgIpc) is 3.03. The fourth-order valence-corrected chi connectivity index (χ4v) is 2.64. The summed E-state index contributed by atoms with van der Waals surface area (Å²) in [6.07, 6.45) is 2.47. The molecule has 2 N–H and O–H groups in total. The summed E-state index contributed by atoms with van der Waals surface area (Å²) in [5.74, 6) is -0.132. The van der Waals surface area contributed by atoms with E-state index in [4.69, 9.17) is 10.5 Å². The van der Waals surface area contributed by atoms with E-state index in [0.29, 0.717) is 25.1 Å². The summed E-state index contributed by atoms with van der Waals surface area (Å²) in [7, 11) is 0. The van der Waals surface area contributed by atoms with Gasteiger partial charge in [-0.15, -0.1) is 19.0 Å². The van der Waals surface area contributed by atoms with Crippen molar-refractivity contribution < 1.29 is 14.5 Å². The maximum atomic E-state index is 12.6. The Morgan fingerprint density at radius 2 is 2.25 bits per heavy atom. The van der Waals surface area contributed by atoms with Crippen molar-refractivity contribution in [3.63, 3.8) is 0 Å². The average molecular weight is 356 g/mol. The van der Waals surface area contributed by atoms with Gasteiger partial charge in [0.25, 0.3) is 11.6 Å². The third-order valence-corrected chi connectivity index (χ3v) is 3.80. The molecule has 0 radical (unpaired) electrons. The van der Waals surface area contributed by atoms with E-state index in [1.807, 2.05) is 0 Å². The van der Waals surface area contributed by atoms with Crippen molar-refractivity contribution in [2.45, 2.75) is 31.6 Å². The van der Waals surface area contributed by atoms with Gasteiger partial charge in [-0.2, -0.15) is 0 Å². The molecule has 0 aliphatic carbocycles. The van der Waals surface area contributed by atoms with Gasteiger partial charge in [0.2, 0.25) is 0 Å². The molecule has 2 rings (SSSR count). The van der Waals surface area contributed by atoms with Crippen LogP contribution in [0.5, 0.6) is 0 Å². The van der Waals surface area contributed by atoms with Crippen molar-refractivity contribution in [2.24, 2.45) is 5.73 Å². The van der Waals surface area contributed by atoms with Crippen LogP contribution in [-0.4, -0.2) is 41.0 Å². The van der Waals surface area contributed by atoms with E-state index in [0.717, 1.165) is 6.42 Å². The van der Waals surface area contributed by atoms with Gasteiger partial charge in [0.05, 0.1) is 11.0 Å². The molecule has 8 heteroatoms. The molecule has 1 aliphatic rings. The number of halogens is 1. The third-order valence-electron chi connectivity index (χ3n) is 3.80. The number of hydrogen-bond donors (Lipinski definition) is 1. The number of nitro groups is 1. The summed E-state index contributed by atoms with van der Waals surface area (Å²) in [6, 6.07) is 6.27. The quantitative estimate of drug-likeness (QED) is 0.458. The minimum Gasteiger partial charge on any atom is -0.364 e. The fraction of sp³-hybridized carbons (Fsp3) is 0.438. The number of nitro benzene ring substituents is 1. The summed E-state index contributed by atoms with van der Waals surface area (Å²) >= 11 is 0. The Bertz CT molecular complexity index is 596. The number of rotatable bonds is 7. The van der Waals surface area contributed by atoms with Gasteiger partial charge >= 0.3 is 0 Å². The first-order valence-corrected chi connectivity index (χ1v) is 7.53. The maximum Gasteiger partial charge on any atom is 0.269 e. The number of non-ortho nitro benzene ring substituents is 1. The molecule has 2 atom stereocenters. The highest BCUT2D eigenvalue weighted by Crippen LogP contribution is 2.22. The van der Waals surface area contributed by atoms with E-state index in [1.54, 1.807) is 23.1 Å². The first-order chi connectivity index (χ1) is 11.0. The summed E-state index contributed by atoms with van der Waals surface area (Å²) in [5.41, 5.74) is 6.27. The van der Waals surface area contributed by atoms with Gasteiger partial charge in [-0.25, -0.2) is 0 Å². The summed E-state index contributed by atoms with van der Waals surface area (Å²) in [5, 5.41) is 10.9. The topological polar surface area (TPSA) is 98.7 Å². The summed E-state index contributed by atoms with van der Waals surface area (Å²) in [6.45, 7) is 4.70. The number of carbonyl (C=O) groups excluding carboxylic acids is 1. The van der Waals surface area contributed by atoms with Crippen LogP contribution in [0.15, 0.2) is 36.9 Å². The molecule has 1 heterocycles. The van der Waals surface area contributed by atoms with E-state index in [1.165, 1.54) is 12.1 Å². The maximum absolute atomic E-state index is 12.6. The second kappa shape index (κ2) is 9.36. The first kappa shape index (κ1) is 20.1. The zero-order valence-electron chi connectivity index (χ0n) is 13.3. The predicted octanol–water partition coefficient (Wildman–Crippen LogP) is 2.04. The highest BCUT2D eigenvalue weighted by atomic mass is 35.5. The lowest BCUT2D eigenvalue weighted by molar-refractivity contribution is -0.384. The van der Waals surface area contributed by atoms with Gasteiger partial charge in [0, 0.05) is 31.8 Å². The van der Waals surface area contributed by atoms with Crippen LogP contribution in [0, 0.1) is 10.1 Å². The standard InChI is InChI=1S/C16H21N3O4.ClH/c1-2-8-18(16(20)15-7-6-14(10-17)23-15)11-12-4-3-5-13(9-12)19(21)22;/h2-5,9,14-15H,1,6-8,10-11,17H2;1H/t14-,15+;/m1./s1. The lowest BCUT2D eigenvalue weighted by Crippen LogP contribution is -2.39. The van der Waals surface area contributed by atoms with Crippen LogP contribution in [-0.2, 0) is 16.1 Å². The van der Waals surface area contributed by atoms with Gasteiger partial charge < -0.3 is 15.4 Å². The Morgan fingerprint density at radius 3 is 2.83 bits per heavy atom. The van der Waals surface area contributed by atoms with Crippen molar-refractivity contribution in [2.75, 3.05) is 13.1 Å². The van der Waals surface area contributed by atoms with Crippen molar-refractivity contribution in [1.82, 2.24) is 4.90 Å². The molecule has 0 bridgehead atoms. The van der Waals surface area contributed by atoms with E-state index >= 15 is 0 Å². The highest BCUT2D eigenvalue weighted by Gasteiger charge is 2.32. The second-order valence-corrected chi connectivity index (χ2v) is 5.49. The van der Waals surface area contributed by atoms with Crippen LogP contribution in [0.3, 0.4) is 0 Å². The molecule has 0 unspecified atom stereocenters. The van der Waals surface area contributed by atoms with Crippen LogP contribution in [0.25, 0.3) is 0 Å². The Kier molecular flexibility index (Phi) is 7.84. The Balaban J connectivity index is 0.00000288. The van der Waals surface area contributed by atoms with Crippen molar-refractivity contribution in [1.29, 1.82) is 0 Å². The van der Waals surface area contributed by atoms with E-state index < -0.39 is 11.0 Å². The van der Waals surface area contributed by atoms with Crippen molar-refractivity contribution in [3.05, 3.63) is 52.6 Å². The molecule has 1 saturated heterocycles. The molecule has 0 saturated carbocycles. The van der Waals surface area contributed by atoms with Gasteiger partial charge in [0.15, 0.2) is 0 Å². The molecule has 0 aromatic heterocycles. The molecule has 0 spiro atoms. The van der Waals surface area contributed by atoms with Gasteiger partial charge in [0.1, 0.15) is 6.10 Å². The molecular formula is C16H22ClN3O4. The number of benzene rings is 1. The summed E-state index contributed by atoms with van der Waals surface area (Å²) < 4.78 is 5.64.